The Morgan fingerprint density at radius 2 is 1.90 bits per heavy atom. The van der Waals surface area contributed by atoms with Crippen molar-refractivity contribution in [2.45, 2.75) is 31.7 Å². The number of rotatable bonds is 5. The van der Waals surface area contributed by atoms with Crippen molar-refractivity contribution in [3.05, 3.63) is 65.2 Å². The summed E-state index contributed by atoms with van der Waals surface area (Å²) < 4.78 is 5.96. The van der Waals surface area contributed by atoms with E-state index in [0.717, 1.165) is 38.0 Å². The number of nitrogens with two attached hydrogens (primary N) is 1. The number of aryl methyl sites for hydroxylation is 1. The van der Waals surface area contributed by atoms with Gasteiger partial charge in [-0.05, 0) is 48.4 Å². The molecule has 0 saturated heterocycles. The molecule has 0 bridgehead atoms. The molecule has 0 spiro atoms. The van der Waals surface area contributed by atoms with Crippen molar-refractivity contribution >= 4 is 0 Å². The molecule has 1 aliphatic carbocycles. The Bertz CT molecular complexity index is 565. The minimum Gasteiger partial charge on any atom is -0.493 e. The van der Waals surface area contributed by atoms with Crippen LogP contribution in [0.1, 0.15) is 35.6 Å². The van der Waals surface area contributed by atoms with Crippen molar-refractivity contribution in [3.8, 4) is 5.75 Å². The van der Waals surface area contributed by atoms with Crippen molar-refractivity contribution in [3.63, 3.8) is 0 Å². The van der Waals surface area contributed by atoms with Crippen LogP contribution in [0.25, 0.3) is 0 Å². The first-order chi connectivity index (χ1) is 9.84. The molecule has 2 aromatic rings. The zero-order chi connectivity index (χ0) is 13.8. The van der Waals surface area contributed by atoms with Crippen molar-refractivity contribution in [2.24, 2.45) is 5.73 Å². The lowest BCUT2D eigenvalue weighted by Crippen LogP contribution is -2.05. The Kier molecular flexibility index (Phi) is 4.03. The Labute approximate surface area is 120 Å². The van der Waals surface area contributed by atoms with Gasteiger partial charge in [0.05, 0.1) is 6.61 Å². The van der Waals surface area contributed by atoms with E-state index in [-0.39, 0.29) is 6.04 Å². The molecule has 20 heavy (non-hydrogen) atoms. The highest BCUT2D eigenvalue weighted by molar-refractivity contribution is 5.44. The quantitative estimate of drug-likeness (QED) is 0.839. The smallest absolute Gasteiger partial charge is 0.122 e. The van der Waals surface area contributed by atoms with Crippen LogP contribution in [-0.4, -0.2) is 6.61 Å². The maximum absolute atomic E-state index is 6.09. The van der Waals surface area contributed by atoms with Crippen LogP contribution in [0.15, 0.2) is 48.5 Å². The fraction of sp³-hybridized carbons (Fsp3) is 0.333. The van der Waals surface area contributed by atoms with Crippen LogP contribution in [0.2, 0.25) is 0 Å². The molecule has 2 heteroatoms. The molecule has 1 atom stereocenters. The Morgan fingerprint density at radius 1 is 1.05 bits per heavy atom. The van der Waals surface area contributed by atoms with Crippen molar-refractivity contribution in [2.75, 3.05) is 6.61 Å². The molecule has 0 saturated carbocycles. The zero-order valence-electron chi connectivity index (χ0n) is 11.7. The number of benzene rings is 2. The van der Waals surface area contributed by atoms with Crippen LogP contribution in [0.4, 0.5) is 0 Å². The molecule has 0 aromatic heterocycles. The molecule has 0 fully saturated rings. The molecule has 2 nitrogen and oxygen atoms in total. The standard InChI is InChI=1S/C18H21NO/c19-17-12-11-16-15(17)9-4-10-18(16)20-13-5-8-14-6-2-1-3-7-14/h1-4,6-7,9-10,17H,5,8,11-13,19H2. The third-order valence-electron chi connectivity index (χ3n) is 3.98. The normalized spacial score (nSPS) is 16.9. The maximum atomic E-state index is 6.09. The van der Waals surface area contributed by atoms with E-state index in [1.54, 1.807) is 0 Å². The first-order valence-corrected chi connectivity index (χ1v) is 7.38. The lowest BCUT2D eigenvalue weighted by Gasteiger charge is -2.11. The molecule has 1 aliphatic rings. The van der Waals surface area contributed by atoms with Gasteiger partial charge in [-0.1, -0.05) is 42.5 Å². The van der Waals surface area contributed by atoms with Crippen LogP contribution < -0.4 is 10.5 Å². The van der Waals surface area contributed by atoms with Crippen LogP contribution in [0.3, 0.4) is 0 Å². The van der Waals surface area contributed by atoms with Gasteiger partial charge >= 0.3 is 0 Å². The van der Waals surface area contributed by atoms with Gasteiger partial charge < -0.3 is 10.5 Å². The molecule has 0 amide bonds. The minimum atomic E-state index is 0.192. The average Bonchev–Trinajstić information content (AvgIpc) is 2.87. The summed E-state index contributed by atoms with van der Waals surface area (Å²) in [6.07, 6.45) is 4.19. The molecule has 104 valence electrons. The van der Waals surface area contributed by atoms with E-state index < -0.39 is 0 Å². The predicted molar refractivity (Wildman–Crippen MR) is 81.9 cm³/mol. The summed E-state index contributed by atoms with van der Waals surface area (Å²) in [5.41, 5.74) is 10.1. The fourth-order valence-electron chi connectivity index (χ4n) is 2.89. The largest absolute Gasteiger partial charge is 0.493 e. The average molecular weight is 267 g/mol. The highest BCUT2D eigenvalue weighted by Gasteiger charge is 2.21. The van der Waals surface area contributed by atoms with Crippen LogP contribution in [0.5, 0.6) is 5.75 Å². The summed E-state index contributed by atoms with van der Waals surface area (Å²) in [5, 5.41) is 0. The lowest BCUT2D eigenvalue weighted by atomic mass is 10.1. The molecule has 2 aromatic carbocycles. The highest BCUT2D eigenvalue weighted by Crippen LogP contribution is 2.35. The summed E-state index contributed by atoms with van der Waals surface area (Å²) in [5.74, 6) is 1.03. The third kappa shape index (κ3) is 2.86. The topological polar surface area (TPSA) is 35.2 Å². The number of hydrogen-bond donors (Lipinski definition) is 1. The van der Waals surface area contributed by atoms with E-state index in [1.807, 2.05) is 0 Å². The predicted octanol–water partition coefficient (Wildman–Crippen LogP) is 3.64. The van der Waals surface area contributed by atoms with Gasteiger partial charge in [-0.3, -0.25) is 0 Å². The van der Waals surface area contributed by atoms with Crippen molar-refractivity contribution in [1.29, 1.82) is 0 Å². The zero-order valence-corrected chi connectivity index (χ0v) is 11.7. The van der Waals surface area contributed by atoms with Crippen LogP contribution in [-0.2, 0) is 12.8 Å². The van der Waals surface area contributed by atoms with Gasteiger partial charge in [0, 0.05) is 6.04 Å². The Balaban J connectivity index is 1.55. The number of ether oxygens (including phenoxy) is 1. The summed E-state index contributed by atoms with van der Waals surface area (Å²) >= 11 is 0. The molecular weight excluding hydrogens is 246 g/mol. The molecule has 0 heterocycles. The number of hydrogen-bond acceptors (Lipinski definition) is 2. The van der Waals surface area contributed by atoms with Gasteiger partial charge in [-0.25, -0.2) is 0 Å². The Hall–Kier alpha value is -1.80. The van der Waals surface area contributed by atoms with E-state index in [1.165, 1.54) is 16.7 Å². The summed E-state index contributed by atoms with van der Waals surface area (Å²) in [7, 11) is 0. The molecule has 0 aliphatic heterocycles. The summed E-state index contributed by atoms with van der Waals surface area (Å²) in [4.78, 5) is 0. The fourth-order valence-corrected chi connectivity index (χ4v) is 2.89. The van der Waals surface area contributed by atoms with Gasteiger partial charge in [0.25, 0.3) is 0 Å². The van der Waals surface area contributed by atoms with E-state index in [9.17, 15) is 0 Å². The molecule has 1 unspecified atom stereocenters. The molecule has 0 radical (unpaired) electrons. The van der Waals surface area contributed by atoms with Gasteiger partial charge in [0.2, 0.25) is 0 Å². The maximum Gasteiger partial charge on any atom is 0.122 e. The molecule has 2 N–H and O–H groups in total. The monoisotopic (exact) mass is 267 g/mol. The van der Waals surface area contributed by atoms with Crippen LogP contribution in [0, 0.1) is 0 Å². The van der Waals surface area contributed by atoms with E-state index in [4.69, 9.17) is 10.5 Å². The van der Waals surface area contributed by atoms with E-state index in [2.05, 4.69) is 48.5 Å². The minimum absolute atomic E-state index is 0.192. The highest BCUT2D eigenvalue weighted by atomic mass is 16.5. The third-order valence-corrected chi connectivity index (χ3v) is 3.98. The molecular formula is C18H21NO. The SMILES string of the molecule is NC1CCc2c(OCCCc3ccccc3)cccc21. The van der Waals surface area contributed by atoms with Gasteiger partial charge in [-0.2, -0.15) is 0 Å². The van der Waals surface area contributed by atoms with E-state index >= 15 is 0 Å². The van der Waals surface area contributed by atoms with E-state index in [0.29, 0.717) is 0 Å². The molecule has 3 rings (SSSR count). The van der Waals surface area contributed by atoms with Crippen molar-refractivity contribution < 1.29 is 4.74 Å². The first kappa shape index (κ1) is 13.2. The Morgan fingerprint density at radius 3 is 2.75 bits per heavy atom. The second kappa shape index (κ2) is 6.10. The van der Waals surface area contributed by atoms with Gasteiger partial charge in [0.1, 0.15) is 5.75 Å². The number of fused-ring (bicyclic) bond motifs is 1. The second-order valence-electron chi connectivity index (χ2n) is 5.41. The van der Waals surface area contributed by atoms with Crippen molar-refractivity contribution in [1.82, 2.24) is 0 Å². The van der Waals surface area contributed by atoms with Gasteiger partial charge in [0.15, 0.2) is 0 Å². The van der Waals surface area contributed by atoms with Gasteiger partial charge in [-0.15, -0.1) is 0 Å². The second-order valence-corrected chi connectivity index (χ2v) is 5.41. The summed E-state index contributed by atoms with van der Waals surface area (Å²) in [6.45, 7) is 0.764. The van der Waals surface area contributed by atoms with Crippen LogP contribution >= 0.6 is 0 Å². The first-order valence-electron chi connectivity index (χ1n) is 7.38. The summed E-state index contributed by atoms with van der Waals surface area (Å²) in [6, 6.07) is 17.0. The lowest BCUT2D eigenvalue weighted by molar-refractivity contribution is 0.308.